The summed E-state index contributed by atoms with van der Waals surface area (Å²) in [7, 11) is 1.53. The first-order chi connectivity index (χ1) is 8.63. The van der Waals surface area contributed by atoms with Crippen LogP contribution >= 0.6 is 0 Å². The Morgan fingerprint density at radius 1 is 1.17 bits per heavy atom. The first-order valence-electron chi connectivity index (χ1n) is 5.31. The fourth-order valence-electron chi connectivity index (χ4n) is 1.60. The van der Waals surface area contributed by atoms with Crippen LogP contribution in [0.15, 0.2) is 36.7 Å². The second-order valence-corrected chi connectivity index (χ2v) is 3.75. The number of pyridine rings is 1. The van der Waals surface area contributed by atoms with E-state index in [1.165, 1.54) is 19.5 Å². The van der Waals surface area contributed by atoms with Gasteiger partial charge >= 0.3 is 0 Å². The molecule has 0 unspecified atom stereocenters. The molecule has 0 aliphatic carbocycles. The lowest BCUT2D eigenvalue weighted by Crippen LogP contribution is -2.08. The molecule has 0 aliphatic heterocycles. The van der Waals surface area contributed by atoms with E-state index in [4.69, 9.17) is 16.2 Å². The molecule has 18 heavy (non-hydrogen) atoms. The molecule has 0 amide bonds. The SMILES string of the molecule is COc1ccc(N)c(C(=O)c2cnccc2N)c1. The van der Waals surface area contributed by atoms with Gasteiger partial charge < -0.3 is 16.2 Å². The zero-order valence-corrected chi connectivity index (χ0v) is 9.88. The molecule has 92 valence electrons. The monoisotopic (exact) mass is 243 g/mol. The van der Waals surface area contributed by atoms with Crippen molar-refractivity contribution in [3.05, 3.63) is 47.8 Å². The van der Waals surface area contributed by atoms with E-state index < -0.39 is 0 Å². The van der Waals surface area contributed by atoms with E-state index >= 15 is 0 Å². The van der Waals surface area contributed by atoms with E-state index in [0.717, 1.165) is 0 Å². The van der Waals surface area contributed by atoms with E-state index in [1.807, 2.05) is 0 Å². The van der Waals surface area contributed by atoms with Crippen LogP contribution in [0.5, 0.6) is 5.75 Å². The number of ether oxygens (including phenoxy) is 1. The van der Waals surface area contributed by atoms with Crippen molar-refractivity contribution in [2.45, 2.75) is 0 Å². The summed E-state index contributed by atoms with van der Waals surface area (Å²) in [5, 5.41) is 0. The van der Waals surface area contributed by atoms with E-state index in [0.29, 0.717) is 28.3 Å². The fraction of sp³-hybridized carbons (Fsp3) is 0.0769. The first kappa shape index (κ1) is 11.9. The van der Waals surface area contributed by atoms with E-state index in [-0.39, 0.29) is 5.78 Å². The van der Waals surface area contributed by atoms with Crippen molar-refractivity contribution >= 4 is 17.2 Å². The number of rotatable bonds is 3. The highest BCUT2D eigenvalue weighted by Crippen LogP contribution is 2.24. The number of methoxy groups -OCH3 is 1. The molecule has 0 aliphatic rings. The number of carbonyl (C=O) groups is 1. The molecule has 1 heterocycles. The summed E-state index contributed by atoms with van der Waals surface area (Å²) in [6.07, 6.45) is 2.96. The maximum Gasteiger partial charge on any atom is 0.198 e. The van der Waals surface area contributed by atoms with Crippen LogP contribution in [-0.2, 0) is 0 Å². The van der Waals surface area contributed by atoms with Crippen LogP contribution in [0, 0.1) is 0 Å². The van der Waals surface area contributed by atoms with Crippen molar-refractivity contribution < 1.29 is 9.53 Å². The average molecular weight is 243 g/mol. The third kappa shape index (κ3) is 2.10. The predicted molar refractivity (Wildman–Crippen MR) is 69.5 cm³/mol. The van der Waals surface area contributed by atoms with Crippen molar-refractivity contribution in [3.63, 3.8) is 0 Å². The minimum Gasteiger partial charge on any atom is -0.497 e. The summed E-state index contributed by atoms with van der Waals surface area (Å²) in [4.78, 5) is 16.2. The number of aromatic nitrogens is 1. The molecule has 1 aromatic carbocycles. The standard InChI is InChI=1S/C13H13N3O2/c1-18-8-2-3-11(14)9(6-8)13(17)10-7-16-5-4-12(10)15/h2-7H,14H2,1H3,(H2,15,16). The zero-order valence-electron chi connectivity index (χ0n) is 9.88. The highest BCUT2D eigenvalue weighted by Gasteiger charge is 2.16. The van der Waals surface area contributed by atoms with Crippen LogP contribution in [-0.4, -0.2) is 17.9 Å². The van der Waals surface area contributed by atoms with Gasteiger partial charge in [-0.25, -0.2) is 0 Å². The number of carbonyl (C=O) groups excluding carboxylic acids is 1. The Morgan fingerprint density at radius 2 is 1.89 bits per heavy atom. The fourth-order valence-corrected chi connectivity index (χ4v) is 1.60. The second kappa shape index (κ2) is 4.75. The van der Waals surface area contributed by atoms with Crippen LogP contribution in [0.2, 0.25) is 0 Å². The lowest BCUT2D eigenvalue weighted by atomic mass is 10.0. The van der Waals surface area contributed by atoms with Crippen molar-refractivity contribution in [2.75, 3.05) is 18.6 Å². The predicted octanol–water partition coefficient (Wildman–Crippen LogP) is 1.49. The number of hydrogen-bond acceptors (Lipinski definition) is 5. The summed E-state index contributed by atoms with van der Waals surface area (Å²) in [5.74, 6) is 0.298. The molecule has 1 aromatic heterocycles. The Kier molecular flexibility index (Phi) is 3.14. The molecular formula is C13H13N3O2. The number of nitrogen functional groups attached to an aromatic ring is 2. The summed E-state index contributed by atoms with van der Waals surface area (Å²) in [6, 6.07) is 6.48. The molecule has 0 spiro atoms. The van der Waals surface area contributed by atoms with E-state index in [1.54, 1.807) is 24.3 Å². The quantitative estimate of drug-likeness (QED) is 0.629. The van der Waals surface area contributed by atoms with Gasteiger partial charge in [-0.1, -0.05) is 0 Å². The highest BCUT2D eigenvalue weighted by molar-refractivity contribution is 6.14. The van der Waals surface area contributed by atoms with E-state index in [2.05, 4.69) is 4.98 Å². The smallest absolute Gasteiger partial charge is 0.198 e. The van der Waals surface area contributed by atoms with E-state index in [9.17, 15) is 4.79 Å². The Balaban J connectivity index is 2.49. The first-order valence-corrected chi connectivity index (χ1v) is 5.31. The van der Waals surface area contributed by atoms with Gasteiger partial charge in [-0.3, -0.25) is 9.78 Å². The summed E-state index contributed by atoms with van der Waals surface area (Å²) in [6.45, 7) is 0. The number of nitrogens with zero attached hydrogens (tertiary/aromatic N) is 1. The van der Waals surface area contributed by atoms with Gasteiger partial charge in [0.05, 0.1) is 12.7 Å². The molecule has 2 aromatic rings. The molecule has 0 saturated heterocycles. The number of nitrogens with two attached hydrogens (primary N) is 2. The number of ketones is 1. The maximum atomic E-state index is 12.3. The van der Waals surface area contributed by atoms with Crippen molar-refractivity contribution in [2.24, 2.45) is 0 Å². The molecule has 0 fully saturated rings. The second-order valence-electron chi connectivity index (χ2n) is 3.75. The lowest BCUT2D eigenvalue weighted by Gasteiger charge is -2.08. The molecule has 4 N–H and O–H groups in total. The number of anilines is 2. The number of benzene rings is 1. The van der Waals surface area contributed by atoms with Crippen LogP contribution in [0.25, 0.3) is 0 Å². The minimum absolute atomic E-state index is 0.267. The topological polar surface area (TPSA) is 91.2 Å². The molecule has 5 nitrogen and oxygen atoms in total. The van der Waals surface area contributed by atoms with Crippen LogP contribution < -0.4 is 16.2 Å². The van der Waals surface area contributed by atoms with Gasteiger partial charge in [0.2, 0.25) is 0 Å². The summed E-state index contributed by atoms with van der Waals surface area (Å²) < 4.78 is 5.07. The number of hydrogen-bond donors (Lipinski definition) is 2. The van der Waals surface area contributed by atoms with Gasteiger partial charge in [0.1, 0.15) is 5.75 Å². The molecule has 0 radical (unpaired) electrons. The van der Waals surface area contributed by atoms with Crippen molar-refractivity contribution in [3.8, 4) is 5.75 Å². The molecule has 2 rings (SSSR count). The third-order valence-corrected chi connectivity index (χ3v) is 2.60. The lowest BCUT2D eigenvalue weighted by molar-refractivity contribution is 0.103. The van der Waals surface area contributed by atoms with Crippen LogP contribution in [0.3, 0.4) is 0 Å². The van der Waals surface area contributed by atoms with Gasteiger partial charge in [-0.05, 0) is 24.3 Å². The Hall–Kier alpha value is -2.56. The van der Waals surface area contributed by atoms with Gasteiger partial charge in [0.15, 0.2) is 5.78 Å². The molecule has 0 atom stereocenters. The van der Waals surface area contributed by atoms with Crippen LogP contribution in [0.1, 0.15) is 15.9 Å². The normalized spacial score (nSPS) is 10.1. The van der Waals surface area contributed by atoms with Crippen LogP contribution in [0.4, 0.5) is 11.4 Å². The minimum atomic E-state index is -0.267. The van der Waals surface area contributed by atoms with Gasteiger partial charge in [0, 0.05) is 29.3 Å². The Labute approximate surface area is 104 Å². The summed E-state index contributed by atoms with van der Waals surface area (Å²) >= 11 is 0. The Bertz CT molecular complexity index is 597. The molecule has 5 heteroatoms. The van der Waals surface area contributed by atoms with Crippen molar-refractivity contribution in [1.29, 1.82) is 0 Å². The third-order valence-electron chi connectivity index (χ3n) is 2.60. The molecule has 0 saturated carbocycles. The highest BCUT2D eigenvalue weighted by atomic mass is 16.5. The molecular weight excluding hydrogens is 230 g/mol. The Morgan fingerprint density at radius 3 is 2.56 bits per heavy atom. The largest absolute Gasteiger partial charge is 0.497 e. The van der Waals surface area contributed by atoms with Gasteiger partial charge in [-0.2, -0.15) is 0 Å². The molecule has 0 bridgehead atoms. The van der Waals surface area contributed by atoms with Gasteiger partial charge in [0.25, 0.3) is 0 Å². The zero-order chi connectivity index (χ0) is 13.1. The summed E-state index contributed by atoms with van der Waals surface area (Å²) in [5.41, 5.74) is 13.0. The van der Waals surface area contributed by atoms with Crippen molar-refractivity contribution in [1.82, 2.24) is 4.98 Å². The maximum absolute atomic E-state index is 12.3. The average Bonchev–Trinajstić information content (AvgIpc) is 2.39. The van der Waals surface area contributed by atoms with Gasteiger partial charge in [-0.15, -0.1) is 0 Å².